The Labute approximate surface area is 140 Å². The highest BCUT2D eigenvalue weighted by Crippen LogP contribution is 2.43. The first-order chi connectivity index (χ1) is 11.2. The van der Waals surface area contributed by atoms with E-state index in [4.69, 9.17) is 9.47 Å². The average molecular weight is 318 g/mol. The van der Waals surface area contributed by atoms with E-state index in [9.17, 15) is 4.79 Å². The monoisotopic (exact) mass is 318 g/mol. The normalized spacial score (nSPS) is 17.3. The van der Waals surface area contributed by atoms with Crippen molar-refractivity contribution in [2.24, 2.45) is 5.92 Å². The van der Waals surface area contributed by atoms with Crippen LogP contribution in [0.5, 0.6) is 11.5 Å². The lowest BCUT2D eigenvalue weighted by Crippen LogP contribution is -2.14. The van der Waals surface area contributed by atoms with Gasteiger partial charge in [0.05, 0.1) is 14.2 Å². The first-order valence-electron chi connectivity index (χ1n) is 8.87. The molecule has 128 valence electrons. The number of aryl methyl sites for hydroxylation is 1. The summed E-state index contributed by atoms with van der Waals surface area (Å²) in [4.78, 5) is 11.0. The summed E-state index contributed by atoms with van der Waals surface area (Å²) in [7, 11) is 3.44. The van der Waals surface area contributed by atoms with Crippen molar-refractivity contribution in [1.29, 1.82) is 0 Å². The van der Waals surface area contributed by atoms with Gasteiger partial charge in [0, 0.05) is 12.0 Å². The maximum absolute atomic E-state index is 11.0. The molecule has 1 unspecified atom stereocenters. The van der Waals surface area contributed by atoms with E-state index in [1.54, 1.807) is 14.2 Å². The van der Waals surface area contributed by atoms with Crippen LogP contribution in [0.3, 0.4) is 0 Å². The van der Waals surface area contributed by atoms with E-state index < -0.39 is 0 Å². The summed E-state index contributed by atoms with van der Waals surface area (Å²) in [5, 5.41) is 0. The van der Waals surface area contributed by atoms with Crippen molar-refractivity contribution in [3.63, 3.8) is 0 Å². The summed E-state index contributed by atoms with van der Waals surface area (Å²) in [6.07, 6.45) is 10.3. The Morgan fingerprint density at radius 3 is 2.30 bits per heavy atom. The molecule has 2 rings (SSSR count). The Morgan fingerprint density at radius 1 is 1.09 bits per heavy atom. The topological polar surface area (TPSA) is 35.5 Å². The minimum Gasteiger partial charge on any atom is -0.496 e. The molecule has 0 bridgehead atoms. The molecule has 0 aliphatic heterocycles. The third kappa shape index (κ3) is 4.49. The summed E-state index contributed by atoms with van der Waals surface area (Å²) in [5.41, 5.74) is 2.30. The van der Waals surface area contributed by atoms with Gasteiger partial charge in [-0.15, -0.1) is 0 Å². The maximum atomic E-state index is 11.0. The highest BCUT2D eigenvalue weighted by atomic mass is 16.5. The molecule has 3 nitrogen and oxygen atoms in total. The molecule has 1 saturated carbocycles. The SMILES string of the molecule is COc1cc(C(CCC=O)C2CCCCCC2)c(OC)cc1C. The predicted octanol–water partition coefficient (Wildman–Crippen LogP) is 5.05. The fraction of sp³-hybridized carbons (Fsp3) is 0.650. The standard InChI is InChI=1S/C20H30O3/c1-15-13-20(23-3)18(14-19(15)22-2)17(11-8-12-21)16-9-6-4-5-7-10-16/h12-14,16-17H,4-11H2,1-3H3. The average Bonchev–Trinajstić information content (AvgIpc) is 2.85. The van der Waals surface area contributed by atoms with E-state index in [0.717, 1.165) is 29.8 Å². The number of carbonyl (C=O) groups excluding carboxylic acids is 1. The van der Waals surface area contributed by atoms with Crippen LogP contribution in [0, 0.1) is 12.8 Å². The van der Waals surface area contributed by atoms with Crippen LogP contribution in [0.25, 0.3) is 0 Å². The smallest absolute Gasteiger partial charge is 0.122 e. The van der Waals surface area contributed by atoms with Gasteiger partial charge in [-0.2, -0.15) is 0 Å². The fourth-order valence-electron chi connectivity index (χ4n) is 3.97. The van der Waals surface area contributed by atoms with Crippen LogP contribution in [-0.4, -0.2) is 20.5 Å². The molecule has 0 radical (unpaired) electrons. The quantitative estimate of drug-likeness (QED) is 0.521. The van der Waals surface area contributed by atoms with Gasteiger partial charge in [-0.25, -0.2) is 0 Å². The lowest BCUT2D eigenvalue weighted by atomic mass is 9.78. The van der Waals surface area contributed by atoms with Gasteiger partial charge in [-0.05, 0) is 55.7 Å². The zero-order valence-corrected chi connectivity index (χ0v) is 14.8. The van der Waals surface area contributed by atoms with E-state index in [1.165, 1.54) is 44.1 Å². The van der Waals surface area contributed by atoms with Crippen molar-refractivity contribution in [2.45, 2.75) is 64.2 Å². The number of aldehydes is 1. The third-order valence-electron chi connectivity index (χ3n) is 5.21. The second-order valence-electron chi connectivity index (χ2n) is 6.67. The molecule has 23 heavy (non-hydrogen) atoms. The van der Waals surface area contributed by atoms with E-state index in [-0.39, 0.29) is 0 Å². The highest BCUT2D eigenvalue weighted by molar-refractivity contribution is 5.51. The molecule has 1 aromatic rings. The molecule has 0 heterocycles. The number of carbonyl (C=O) groups is 1. The Kier molecular flexibility index (Phi) is 6.94. The highest BCUT2D eigenvalue weighted by Gasteiger charge is 2.27. The van der Waals surface area contributed by atoms with Gasteiger partial charge in [0.1, 0.15) is 17.8 Å². The largest absolute Gasteiger partial charge is 0.496 e. The molecular weight excluding hydrogens is 288 g/mol. The second kappa shape index (κ2) is 8.95. The molecular formula is C20H30O3. The van der Waals surface area contributed by atoms with E-state index in [0.29, 0.717) is 18.3 Å². The number of methoxy groups -OCH3 is 2. The van der Waals surface area contributed by atoms with Crippen molar-refractivity contribution < 1.29 is 14.3 Å². The van der Waals surface area contributed by atoms with Gasteiger partial charge in [0.25, 0.3) is 0 Å². The van der Waals surface area contributed by atoms with Gasteiger partial charge in [0.2, 0.25) is 0 Å². The zero-order chi connectivity index (χ0) is 16.7. The molecule has 1 aliphatic rings. The Morgan fingerprint density at radius 2 is 1.74 bits per heavy atom. The van der Waals surface area contributed by atoms with Crippen molar-refractivity contribution in [3.05, 3.63) is 23.3 Å². The van der Waals surface area contributed by atoms with Crippen molar-refractivity contribution in [3.8, 4) is 11.5 Å². The van der Waals surface area contributed by atoms with Crippen LogP contribution in [0.15, 0.2) is 12.1 Å². The summed E-state index contributed by atoms with van der Waals surface area (Å²) in [6.45, 7) is 2.04. The summed E-state index contributed by atoms with van der Waals surface area (Å²) < 4.78 is 11.2. The molecule has 1 aromatic carbocycles. The van der Waals surface area contributed by atoms with E-state index >= 15 is 0 Å². The van der Waals surface area contributed by atoms with Gasteiger partial charge in [-0.3, -0.25) is 0 Å². The lowest BCUT2D eigenvalue weighted by Gasteiger charge is -2.28. The number of ether oxygens (including phenoxy) is 2. The summed E-state index contributed by atoms with van der Waals surface area (Å²) in [6, 6.07) is 4.20. The summed E-state index contributed by atoms with van der Waals surface area (Å²) in [5.74, 6) is 2.86. The Balaban J connectivity index is 2.38. The van der Waals surface area contributed by atoms with Crippen LogP contribution in [0.2, 0.25) is 0 Å². The number of hydrogen-bond donors (Lipinski definition) is 0. The zero-order valence-electron chi connectivity index (χ0n) is 14.8. The van der Waals surface area contributed by atoms with Gasteiger partial charge >= 0.3 is 0 Å². The molecule has 0 saturated heterocycles. The molecule has 0 amide bonds. The van der Waals surface area contributed by atoms with Gasteiger partial charge < -0.3 is 14.3 Å². The van der Waals surface area contributed by atoms with Crippen molar-refractivity contribution >= 4 is 6.29 Å². The fourth-order valence-corrected chi connectivity index (χ4v) is 3.97. The Hall–Kier alpha value is -1.51. The summed E-state index contributed by atoms with van der Waals surface area (Å²) >= 11 is 0. The molecule has 1 atom stereocenters. The first-order valence-corrected chi connectivity index (χ1v) is 8.87. The van der Waals surface area contributed by atoms with Crippen LogP contribution < -0.4 is 9.47 Å². The molecule has 1 aliphatic carbocycles. The minimum absolute atomic E-state index is 0.378. The van der Waals surface area contributed by atoms with Crippen LogP contribution in [0.4, 0.5) is 0 Å². The molecule has 1 fully saturated rings. The first kappa shape index (κ1) is 17.8. The number of rotatable bonds is 7. The molecule has 3 heteroatoms. The lowest BCUT2D eigenvalue weighted by molar-refractivity contribution is -0.108. The molecule has 0 N–H and O–H groups in total. The number of benzene rings is 1. The third-order valence-corrected chi connectivity index (χ3v) is 5.21. The molecule has 0 aromatic heterocycles. The van der Waals surface area contributed by atoms with Gasteiger partial charge in [-0.1, -0.05) is 25.7 Å². The van der Waals surface area contributed by atoms with E-state index in [2.05, 4.69) is 12.1 Å². The van der Waals surface area contributed by atoms with Crippen LogP contribution >= 0.6 is 0 Å². The Bertz CT molecular complexity index is 502. The van der Waals surface area contributed by atoms with E-state index in [1.807, 2.05) is 6.92 Å². The van der Waals surface area contributed by atoms with Crippen LogP contribution in [-0.2, 0) is 4.79 Å². The van der Waals surface area contributed by atoms with Crippen molar-refractivity contribution in [1.82, 2.24) is 0 Å². The van der Waals surface area contributed by atoms with Crippen LogP contribution in [0.1, 0.15) is 68.4 Å². The van der Waals surface area contributed by atoms with Gasteiger partial charge in [0.15, 0.2) is 0 Å². The second-order valence-corrected chi connectivity index (χ2v) is 6.67. The predicted molar refractivity (Wildman–Crippen MR) is 93.5 cm³/mol. The van der Waals surface area contributed by atoms with Crippen molar-refractivity contribution in [2.75, 3.05) is 14.2 Å². The maximum Gasteiger partial charge on any atom is 0.122 e. The number of hydrogen-bond acceptors (Lipinski definition) is 3. The minimum atomic E-state index is 0.378. The molecule has 0 spiro atoms.